The van der Waals surface area contributed by atoms with E-state index in [1.54, 1.807) is 0 Å². The minimum atomic E-state index is 0.308. The topological polar surface area (TPSA) is 44.2 Å². The molecule has 0 fully saturated rings. The summed E-state index contributed by atoms with van der Waals surface area (Å²) in [7, 11) is 0. The van der Waals surface area contributed by atoms with E-state index in [0.29, 0.717) is 6.79 Å². The molecule has 2 aromatic rings. The summed E-state index contributed by atoms with van der Waals surface area (Å²) in [4.78, 5) is 8.86. The largest absolute Gasteiger partial charge is 0.454 e. The third-order valence-electron chi connectivity index (χ3n) is 3.06. The smallest absolute Gasteiger partial charge is 0.231 e. The predicted octanol–water partition coefficient (Wildman–Crippen LogP) is 2.41. The van der Waals surface area contributed by atoms with Crippen molar-refractivity contribution >= 4 is 0 Å². The first-order valence-electron chi connectivity index (χ1n) is 5.90. The molecule has 92 valence electrons. The zero-order chi connectivity index (χ0) is 12.5. The number of hydrogen-bond donors (Lipinski definition) is 0. The van der Waals surface area contributed by atoms with E-state index in [0.717, 1.165) is 40.6 Å². The molecule has 1 aliphatic rings. The van der Waals surface area contributed by atoms with Gasteiger partial charge in [0.1, 0.15) is 0 Å². The van der Waals surface area contributed by atoms with Crippen molar-refractivity contribution in [2.45, 2.75) is 20.3 Å². The summed E-state index contributed by atoms with van der Waals surface area (Å²) in [5.41, 5.74) is 4.08. The predicted molar refractivity (Wildman–Crippen MR) is 66.9 cm³/mol. The van der Waals surface area contributed by atoms with Crippen molar-refractivity contribution in [3.8, 4) is 11.5 Å². The number of benzene rings is 1. The molecule has 18 heavy (non-hydrogen) atoms. The van der Waals surface area contributed by atoms with Crippen LogP contribution in [0.1, 0.15) is 22.6 Å². The Morgan fingerprint density at radius 1 is 1.11 bits per heavy atom. The van der Waals surface area contributed by atoms with Gasteiger partial charge in [0, 0.05) is 12.6 Å². The van der Waals surface area contributed by atoms with E-state index in [4.69, 9.17) is 9.47 Å². The van der Waals surface area contributed by atoms with Gasteiger partial charge < -0.3 is 9.47 Å². The van der Waals surface area contributed by atoms with E-state index in [2.05, 4.69) is 9.97 Å². The van der Waals surface area contributed by atoms with Crippen LogP contribution >= 0.6 is 0 Å². The van der Waals surface area contributed by atoms with E-state index < -0.39 is 0 Å². The van der Waals surface area contributed by atoms with Crippen LogP contribution in [0, 0.1) is 13.8 Å². The van der Waals surface area contributed by atoms with Crippen LogP contribution in [0.3, 0.4) is 0 Å². The minimum absolute atomic E-state index is 0.308. The fourth-order valence-electron chi connectivity index (χ4n) is 1.94. The summed E-state index contributed by atoms with van der Waals surface area (Å²) in [6.45, 7) is 4.25. The Morgan fingerprint density at radius 2 is 1.94 bits per heavy atom. The highest BCUT2D eigenvalue weighted by atomic mass is 16.7. The minimum Gasteiger partial charge on any atom is -0.454 e. The van der Waals surface area contributed by atoms with Gasteiger partial charge in [-0.3, -0.25) is 9.97 Å². The van der Waals surface area contributed by atoms with Crippen LogP contribution < -0.4 is 9.47 Å². The molecule has 4 heteroatoms. The van der Waals surface area contributed by atoms with Crippen LogP contribution in [0.15, 0.2) is 24.4 Å². The van der Waals surface area contributed by atoms with Gasteiger partial charge in [0.2, 0.25) is 6.79 Å². The van der Waals surface area contributed by atoms with Gasteiger partial charge in [-0.25, -0.2) is 0 Å². The average molecular weight is 242 g/mol. The van der Waals surface area contributed by atoms with Crippen molar-refractivity contribution in [3.05, 3.63) is 47.0 Å². The van der Waals surface area contributed by atoms with E-state index in [1.807, 2.05) is 38.2 Å². The number of nitrogens with zero attached hydrogens (tertiary/aromatic N) is 2. The molecule has 0 unspecified atom stereocenters. The second kappa shape index (κ2) is 4.29. The van der Waals surface area contributed by atoms with Crippen molar-refractivity contribution in [2.24, 2.45) is 0 Å². The Balaban J connectivity index is 1.85. The molecule has 2 heterocycles. The number of rotatable bonds is 2. The van der Waals surface area contributed by atoms with Gasteiger partial charge in [-0.05, 0) is 31.5 Å². The molecule has 0 N–H and O–H groups in total. The van der Waals surface area contributed by atoms with Gasteiger partial charge in [-0.15, -0.1) is 0 Å². The lowest BCUT2D eigenvalue weighted by Gasteiger charge is -2.05. The van der Waals surface area contributed by atoms with Crippen LogP contribution in [-0.2, 0) is 6.42 Å². The fraction of sp³-hybridized carbons (Fsp3) is 0.286. The first kappa shape index (κ1) is 11.0. The Labute approximate surface area is 106 Å². The lowest BCUT2D eigenvalue weighted by atomic mass is 10.1. The molecule has 0 bridgehead atoms. The summed E-state index contributed by atoms with van der Waals surface area (Å²) in [6, 6.07) is 5.97. The highest BCUT2D eigenvalue weighted by Crippen LogP contribution is 2.32. The molecule has 0 spiro atoms. The molecular formula is C14H14N2O2. The van der Waals surface area contributed by atoms with Crippen LogP contribution in [0.5, 0.6) is 11.5 Å². The maximum absolute atomic E-state index is 5.36. The maximum atomic E-state index is 5.36. The quantitative estimate of drug-likeness (QED) is 0.811. The Morgan fingerprint density at radius 3 is 2.78 bits per heavy atom. The standard InChI is InChI=1S/C14H14N2O2/c1-9-10(2)16-12(7-15-9)5-11-3-4-13-14(6-11)18-8-17-13/h3-4,6-7H,5,8H2,1-2H3. The van der Waals surface area contributed by atoms with E-state index in [1.165, 1.54) is 0 Å². The van der Waals surface area contributed by atoms with Crippen LogP contribution in [0.4, 0.5) is 0 Å². The summed E-state index contributed by atoms with van der Waals surface area (Å²) < 4.78 is 10.6. The summed E-state index contributed by atoms with van der Waals surface area (Å²) in [5, 5.41) is 0. The van der Waals surface area contributed by atoms with Crippen LogP contribution in [0.2, 0.25) is 0 Å². The van der Waals surface area contributed by atoms with Gasteiger partial charge in [-0.2, -0.15) is 0 Å². The third kappa shape index (κ3) is 2.01. The number of ether oxygens (including phenoxy) is 2. The van der Waals surface area contributed by atoms with Gasteiger partial charge in [0.25, 0.3) is 0 Å². The number of hydrogen-bond acceptors (Lipinski definition) is 4. The monoisotopic (exact) mass is 242 g/mol. The molecule has 0 aliphatic carbocycles. The van der Waals surface area contributed by atoms with Crippen molar-refractivity contribution in [1.29, 1.82) is 0 Å². The Kier molecular flexibility index (Phi) is 2.63. The number of fused-ring (bicyclic) bond motifs is 1. The highest BCUT2D eigenvalue weighted by Gasteiger charge is 2.13. The first-order valence-corrected chi connectivity index (χ1v) is 5.90. The molecule has 0 atom stereocenters. The second-order valence-corrected chi connectivity index (χ2v) is 4.40. The van der Waals surface area contributed by atoms with E-state index in [-0.39, 0.29) is 0 Å². The SMILES string of the molecule is Cc1ncc(Cc2ccc3c(c2)OCO3)nc1C. The average Bonchev–Trinajstić information content (AvgIpc) is 2.81. The summed E-state index contributed by atoms with van der Waals surface area (Å²) in [5.74, 6) is 1.62. The zero-order valence-electron chi connectivity index (χ0n) is 10.4. The molecule has 1 aromatic carbocycles. The molecule has 4 nitrogen and oxygen atoms in total. The molecule has 1 aromatic heterocycles. The number of aryl methyl sites for hydroxylation is 2. The van der Waals surface area contributed by atoms with Crippen molar-refractivity contribution in [2.75, 3.05) is 6.79 Å². The van der Waals surface area contributed by atoms with Crippen molar-refractivity contribution < 1.29 is 9.47 Å². The highest BCUT2D eigenvalue weighted by molar-refractivity contribution is 5.45. The second-order valence-electron chi connectivity index (χ2n) is 4.40. The van der Waals surface area contributed by atoms with E-state index >= 15 is 0 Å². The fourth-order valence-corrected chi connectivity index (χ4v) is 1.94. The molecule has 0 amide bonds. The molecule has 3 rings (SSSR count). The van der Waals surface area contributed by atoms with Gasteiger partial charge in [-0.1, -0.05) is 6.07 Å². The van der Waals surface area contributed by atoms with Gasteiger partial charge >= 0.3 is 0 Å². The first-order chi connectivity index (χ1) is 8.72. The molecule has 0 radical (unpaired) electrons. The number of aromatic nitrogens is 2. The van der Waals surface area contributed by atoms with Gasteiger partial charge in [0.05, 0.1) is 17.1 Å². The van der Waals surface area contributed by atoms with Crippen molar-refractivity contribution in [3.63, 3.8) is 0 Å². The van der Waals surface area contributed by atoms with Crippen molar-refractivity contribution in [1.82, 2.24) is 9.97 Å². The lowest BCUT2D eigenvalue weighted by molar-refractivity contribution is 0.174. The maximum Gasteiger partial charge on any atom is 0.231 e. The normalized spacial score (nSPS) is 12.8. The Bertz CT molecular complexity index is 596. The molecule has 1 aliphatic heterocycles. The molecule has 0 saturated carbocycles. The molecular weight excluding hydrogens is 228 g/mol. The zero-order valence-corrected chi connectivity index (χ0v) is 10.4. The summed E-state index contributed by atoms with van der Waals surface area (Å²) in [6.07, 6.45) is 2.58. The van der Waals surface area contributed by atoms with E-state index in [9.17, 15) is 0 Å². The van der Waals surface area contributed by atoms with Gasteiger partial charge in [0.15, 0.2) is 11.5 Å². The Hall–Kier alpha value is -2.10. The van der Waals surface area contributed by atoms with Crippen LogP contribution in [-0.4, -0.2) is 16.8 Å². The summed E-state index contributed by atoms with van der Waals surface area (Å²) >= 11 is 0. The third-order valence-corrected chi connectivity index (χ3v) is 3.06. The van der Waals surface area contributed by atoms with Crippen LogP contribution in [0.25, 0.3) is 0 Å². The molecule has 0 saturated heterocycles. The lowest BCUT2D eigenvalue weighted by Crippen LogP contribution is -1.98.